The molecule has 9 aromatic rings. The van der Waals surface area contributed by atoms with Gasteiger partial charge in [-0.05, 0) is 46.3 Å². The van der Waals surface area contributed by atoms with Gasteiger partial charge in [0, 0.05) is 39.2 Å². The van der Waals surface area contributed by atoms with Gasteiger partial charge in [0.05, 0.1) is 28.3 Å². The second-order valence-corrected chi connectivity index (χ2v) is 12.3. The van der Waals surface area contributed by atoms with E-state index >= 15 is 0 Å². The first-order chi connectivity index (χ1) is 24.8. The molecule has 0 saturated heterocycles. The maximum atomic E-state index is 5.03. The highest BCUT2D eigenvalue weighted by Crippen LogP contribution is 2.34. The summed E-state index contributed by atoms with van der Waals surface area (Å²) in [7, 11) is 0. The van der Waals surface area contributed by atoms with Crippen LogP contribution in [0, 0.1) is 0 Å². The lowest BCUT2D eigenvalue weighted by Gasteiger charge is -2.11. The highest BCUT2D eigenvalue weighted by molar-refractivity contribution is 6.10. The van der Waals surface area contributed by atoms with Gasteiger partial charge in [0.15, 0.2) is 5.82 Å². The van der Waals surface area contributed by atoms with Crippen LogP contribution >= 0.6 is 0 Å². The first kappa shape index (κ1) is 29.4. The van der Waals surface area contributed by atoms with Crippen LogP contribution in [0.5, 0.6) is 0 Å². The van der Waals surface area contributed by atoms with Crippen LogP contribution in [0.4, 0.5) is 0 Å². The molecule has 0 saturated carbocycles. The number of aromatic nitrogens is 4. The van der Waals surface area contributed by atoms with Crippen molar-refractivity contribution < 1.29 is 0 Å². The molecule has 0 spiro atoms. The maximum Gasteiger partial charge on any atom is 0.160 e. The van der Waals surface area contributed by atoms with Crippen LogP contribution in [0.25, 0.3) is 89.2 Å². The number of hydrogen-bond donors (Lipinski definition) is 0. The minimum Gasteiger partial charge on any atom is -0.254 e. The van der Waals surface area contributed by atoms with Gasteiger partial charge in [0.25, 0.3) is 0 Å². The Morgan fingerprint density at radius 2 is 0.860 bits per heavy atom. The Balaban J connectivity index is 1.02. The molecule has 4 heteroatoms. The molecule has 0 aliphatic heterocycles. The van der Waals surface area contributed by atoms with Crippen molar-refractivity contribution >= 4 is 21.7 Å². The average molecular weight is 639 g/mol. The predicted octanol–water partition coefficient (Wildman–Crippen LogP) is 11.6. The van der Waals surface area contributed by atoms with Crippen molar-refractivity contribution in [1.82, 2.24) is 19.9 Å². The summed E-state index contributed by atoms with van der Waals surface area (Å²) in [5, 5.41) is 3.44. The number of rotatable bonds is 6. The number of para-hydroxylation sites is 1. The van der Waals surface area contributed by atoms with E-state index in [9.17, 15) is 0 Å². The molecule has 0 amide bonds. The molecule has 0 N–H and O–H groups in total. The number of hydrogen-bond acceptors (Lipinski definition) is 4. The van der Waals surface area contributed by atoms with Crippen LogP contribution in [0.15, 0.2) is 182 Å². The summed E-state index contributed by atoms with van der Waals surface area (Å²) in [5.41, 5.74) is 12.0. The largest absolute Gasteiger partial charge is 0.254 e. The van der Waals surface area contributed by atoms with Crippen LogP contribution in [0.1, 0.15) is 0 Å². The van der Waals surface area contributed by atoms with E-state index in [4.69, 9.17) is 19.9 Å². The van der Waals surface area contributed by atoms with E-state index in [0.29, 0.717) is 5.82 Å². The second-order valence-electron chi connectivity index (χ2n) is 12.3. The van der Waals surface area contributed by atoms with Crippen molar-refractivity contribution in [3.8, 4) is 67.5 Å². The molecule has 0 radical (unpaired) electrons. The van der Waals surface area contributed by atoms with Crippen LogP contribution in [-0.2, 0) is 0 Å². The minimum atomic E-state index is 0.709. The Labute approximate surface area is 290 Å². The van der Waals surface area contributed by atoms with Crippen molar-refractivity contribution in [1.29, 1.82) is 0 Å². The number of pyridine rings is 2. The second kappa shape index (κ2) is 12.7. The zero-order valence-corrected chi connectivity index (χ0v) is 27.1. The Morgan fingerprint density at radius 3 is 1.58 bits per heavy atom. The molecule has 9 rings (SSSR count). The van der Waals surface area contributed by atoms with Gasteiger partial charge in [0.2, 0.25) is 0 Å². The lowest BCUT2D eigenvalue weighted by Crippen LogP contribution is -1.96. The SMILES string of the molecule is c1ccc(-c2cc(-c3cccc(-c4ccc(-c5ccc(-c6nc7ccccc7c7ccccc67)nc5)cc4)c3)nc(-c3ccccc3)n2)cc1. The van der Waals surface area contributed by atoms with Gasteiger partial charge < -0.3 is 0 Å². The van der Waals surface area contributed by atoms with Gasteiger partial charge >= 0.3 is 0 Å². The van der Waals surface area contributed by atoms with Crippen LogP contribution in [0.3, 0.4) is 0 Å². The van der Waals surface area contributed by atoms with Gasteiger partial charge in [0.1, 0.15) is 0 Å². The van der Waals surface area contributed by atoms with E-state index in [2.05, 4.69) is 133 Å². The lowest BCUT2D eigenvalue weighted by molar-refractivity contribution is 1.18. The molecule has 6 aromatic carbocycles. The molecule has 234 valence electrons. The molecule has 0 aliphatic rings. The van der Waals surface area contributed by atoms with Crippen molar-refractivity contribution in [2.24, 2.45) is 0 Å². The van der Waals surface area contributed by atoms with E-state index in [-0.39, 0.29) is 0 Å². The Hall–Kier alpha value is -6.78. The quantitative estimate of drug-likeness (QED) is 0.170. The molecule has 50 heavy (non-hydrogen) atoms. The van der Waals surface area contributed by atoms with Crippen LogP contribution < -0.4 is 0 Å². The third-order valence-electron chi connectivity index (χ3n) is 9.15. The highest BCUT2D eigenvalue weighted by atomic mass is 14.9. The molecule has 0 unspecified atom stereocenters. The molecule has 3 aromatic heterocycles. The fourth-order valence-electron chi connectivity index (χ4n) is 6.59. The summed E-state index contributed by atoms with van der Waals surface area (Å²) in [6.45, 7) is 0. The molecule has 4 nitrogen and oxygen atoms in total. The third kappa shape index (κ3) is 5.59. The molecule has 0 fully saturated rings. The van der Waals surface area contributed by atoms with E-state index in [0.717, 1.165) is 78.0 Å². The number of benzene rings is 6. The van der Waals surface area contributed by atoms with Gasteiger partial charge in [-0.15, -0.1) is 0 Å². The first-order valence-electron chi connectivity index (χ1n) is 16.7. The van der Waals surface area contributed by atoms with E-state index in [1.807, 2.05) is 48.7 Å². The Bertz CT molecular complexity index is 2560. The van der Waals surface area contributed by atoms with Gasteiger partial charge in [-0.3, -0.25) is 4.98 Å². The summed E-state index contributed by atoms with van der Waals surface area (Å²) < 4.78 is 0. The monoisotopic (exact) mass is 638 g/mol. The van der Waals surface area contributed by atoms with Crippen molar-refractivity contribution in [2.45, 2.75) is 0 Å². The summed E-state index contributed by atoms with van der Waals surface area (Å²) in [6.07, 6.45) is 1.94. The minimum absolute atomic E-state index is 0.709. The van der Waals surface area contributed by atoms with Gasteiger partial charge in [-0.25, -0.2) is 15.0 Å². The summed E-state index contributed by atoms with van der Waals surface area (Å²) in [5.74, 6) is 0.709. The van der Waals surface area contributed by atoms with Crippen molar-refractivity contribution in [3.05, 3.63) is 182 Å². The van der Waals surface area contributed by atoms with Crippen molar-refractivity contribution in [3.63, 3.8) is 0 Å². The highest BCUT2D eigenvalue weighted by Gasteiger charge is 2.13. The molecule has 0 aliphatic carbocycles. The van der Waals surface area contributed by atoms with Gasteiger partial charge in [-0.2, -0.15) is 0 Å². The standard InChI is InChI=1S/C46H30N4/c1-3-12-33(13-4-1)43-29-44(50-46(49-43)34-14-5-2-6-15-34)36-17-11-16-35(28-36)31-22-24-32(25-23-31)37-26-27-42(47-30-37)45-40-20-8-7-18-38(40)39-19-9-10-21-41(39)48-45/h1-30H. The van der Waals surface area contributed by atoms with Crippen LogP contribution in [0.2, 0.25) is 0 Å². The maximum absolute atomic E-state index is 5.03. The smallest absolute Gasteiger partial charge is 0.160 e. The van der Waals surface area contributed by atoms with Crippen LogP contribution in [-0.4, -0.2) is 19.9 Å². The fourth-order valence-corrected chi connectivity index (χ4v) is 6.59. The number of nitrogens with zero attached hydrogens (tertiary/aromatic N) is 4. The summed E-state index contributed by atoms with van der Waals surface area (Å²) in [4.78, 5) is 19.9. The number of fused-ring (bicyclic) bond motifs is 3. The zero-order chi connectivity index (χ0) is 33.3. The van der Waals surface area contributed by atoms with E-state index < -0.39 is 0 Å². The third-order valence-corrected chi connectivity index (χ3v) is 9.15. The molecular formula is C46H30N4. The average Bonchev–Trinajstić information content (AvgIpc) is 3.21. The Kier molecular flexibility index (Phi) is 7.45. The first-order valence-corrected chi connectivity index (χ1v) is 16.7. The van der Waals surface area contributed by atoms with E-state index in [1.165, 1.54) is 5.39 Å². The van der Waals surface area contributed by atoms with E-state index in [1.54, 1.807) is 0 Å². The Morgan fingerprint density at radius 1 is 0.300 bits per heavy atom. The molecule has 0 bridgehead atoms. The van der Waals surface area contributed by atoms with Crippen molar-refractivity contribution in [2.75, 3.05) is 0 Å². The molecule has 0 atom stereocenters. The summed E-state index contributed by atoms with van der Waals surface area (Å²) in [6, 6.07) is 60.7. The molecular weight excluding hydrogens is 609 g/mol. The zero-order valence-electron chi connectivity index (χ0n) is 27.1. The normalized spacial score (nSPS) is 11.2. The summed E-state index contributed by atoms with van der Waals surface area (Å²) >= 11 is 0. The topological polar surface area (TPSA) is 51.6 Å². The molecule has 3 heterocycles. The lowest BCUT2D eigenvalue weighted by atomic mass is 9.98. The predicted molar refractivity (Wildman–Crippen MR) is 205 cm³/mol. The van der Waals surface area contributed by atoms with Gasteiger partial charge in [-0.1, -0.05) is 152 Å². The fraction of sp³-hybridized carbons (Fsp3) is 0.